The van der Waals surface area contributed by atoms with E-state index in [9.17, 15) is 4.39 Å². The second kappa shape index (κ2) is 6.12. The van der Waals surface area contributed by atoms with Crippen LogP contribution in [0.4, 0.5) is 10.1 Å². The van der Waals surface area contributed by atoms with Crippen molar-refractivity contribution in [3.8, 4) is 0 Å². The minimum absolute atomic E-state index is 0.137. The highest BCUT2D eigenvalue weighted by Gasteiger charge is 2.05. The van der Waals surface area contributed by atoms with Gasteiger partial charge in [-0.3, -0.25) is 0 Å². The van der Waals surface area contributed by atoms with Crippen molar-refractivity contribution < 1.29 is 4.39 Å². The van der Waals surface area contributed by atoms with Crippen molar-refractivity contribution >= 4 is 29.1 Å². The summed E-state index contributed by atoms with van der Waals surface area (Å²) in [6.45, 7) is 0.575. The third-order valence-electron chi connectivity index (χ3n) is 2.59. The SMILES string of the molecule is CSc1ccc(CNc2cccc(Cl)c2F)cc1. The molecule has 0 radical (unpaired) electrons. The number of benzene rings is 2. The van der Waals surface area contributed by atoms with Crippen molar-refractivity contribution in [2.24, 2.45) is 0 Å². The van der Waals surface area contributed by atoms with Crippen LogP contribution in [0, 0.1) is 5.82 Å². The van der Waals surface area contributed by atoms with Gasteiger partial charge in [-0.2, -0.15) is 0 Å². The third kappa shape index (κ3) is 3.18. The smallest absolute Gasteiger partial charge is 0.164 e. The molecule has 2 rings (SSSR count). The minimum Gasteiger partial charge on any atom is -0.379 e. The molecule has 1 N–H and O–H groups in total. The maximum Gasteiger partial charge on any atom is 0.164 e. The number of nitrogens with one attached hydrogen (secondary N) is 1. The van der Waals surface area contributed by atoms with Crippen molar-refractivity contribution in [2.75, 3.05) is 11.6 Å². The molecule has 1 nitrogen and oxygen atoms in total. The van der Waals surface area contributed by atoms with Crippen molar-refractivity contribution in [3.63, 3.8) is 0 Å². The van der Waals surface area contributed by atoms with Crippen LogP contribution in [0.15, 0.2) is 47.4 Å². The highest BCUT2D eigenvalue weighted by Crippen LogP contribution is 2.22. The summed E-state index contributed by atoms with van der Waals surface area (Å²) in [5, 5.41) is 3.18. The summed E-state index contributed by atoms with van der Waals surface area (Å²) in [4.78, 5) is 1.22. The molecule has 0 unspecified atom stereocenters. The first-order chi connectivity index (χ1) is 8.70. The van der Waals surface area contributed by atoms with Crippen LogP contribution in [0.25, 0.3) is 0 Å². The number of thioether (sulfide) groups is 1. The maximum absolute atomic E-state index is 13.6. The Morgan fingerprint density at radius 1 is 1.17 bits per heavy atom. The van der Waals surface area contributed by atoms with Gasteiger partial charge in [0.05, 0.1) is 10.7 Å². The number of rotatable bonds is 4. The monoisotopic (exact) mass is 281 g/mol. The fourth-order valence-corrected chi connectivity index (χ4v) is 2.16. The lowest BCUT2D eigenvalue weighted by Gasteiger charge is -2.08. The molecule has 0 aliphatic carbocycles. The molecule has 0 aliphatic heterocycles. The summed E-state index contributed by atoms with van der Waals surface area (Å²) >= 11 is 7.42. The Bertz CT molecular complexity index is 528. The van der Waals surface area contributed by atoms with Crippen molar-refractivity contribution in [1.82, 2.24) is 0 Å². The van der Waals surface area contributed by atoms with E-state index in [1.54, 1.807) is 23.9 Å². The highest BCUT2D eigenvalue weighted by atomic mass is 35.5. The van der Waals surface area contributed by atoms with Gasteiger partial charge in [-0.1, -0.05) is 29.8 Å². The minimum atomic E-state index is -0.403. The van der Waals surface area contributed by atoms with E-state index in [-0.39, 0.29) is 5.02 Å². The predicted octanol–water partition coefficient (Wildman–Crippen LogP) is 4.81. The van der Waals surface area contributed by atoms with E-state index in [0.717, 1.165) is 5.56 Å². The van der Waals surface area contributed by atoms with Crippen LogP contribution in [0.3, 0.4) is 0 Å². The summed E-state index contributed by atoms with van der Waals surface area (Å²) in [5.41, 5.74) is 1.53. The third-order valence-corrected chi connectivity index (χ3v) is 3.63. The molecule has 0 bridgehead atoms. The fraction of sp³-hybridized carbons (Fsp3) is 0.143. The summed E-state index contributed by atoms with van der Waals surface area (Å²) < 4.78 is 13.6. The Kier molecular flexibility index (Phi) is 4.50. The average Bonchev–Trinajstić information content (AvgIpc) is 2.41. The summed E-state index contributed by atoms with van der Waals surface area (Å²) in [6, 6.07) is 13.1. The molecule has 94 valence electrons. The van der Waals surface area contributed by atoms with E-state index in [0.29, 0.717) is 12.2 Å². The van der Waals surface area contributed by atoms with Crippen LogP contribution in [0.2, 0.25) is 5.02 Å². The van der Waals surface area contributed by atoms with Gasteiger partial charge in [0.2, 0.25) is 0 Å². The molecule has 18 heavy (non-hydrogen) atoms. The second-order valence-corrected chi connectivity index (χ2v) is 5.09. The lowest BCUT2D eigenvalue weighted by molar-refractivity contribution is 0.630. The molecule has 2 aromatic rings. The Balaban J connectivity index is 2.04. The number of hydrogen-bond donors (Lipinski definition) is 1. The lowest BCUT2D eigenvalue weighted by atomic mass is 10.2. The molecule has 0 saturated carbocycles. The van der Waals surface area contributed by atoms with Gasteiger partial charge in [0.15, 0.2) is 5.82 Å². The molecule has 0 spiro atoms. The molecule has 0 atom stereocenters. The molecular weight excluding hydrogens is 269 g/mol. The summed E-state index contributed by atoms with van der Waals surface area (Å²) in [7, 11) is 0. The van der Waals surface area contributed by atoms with E-state index in [1.807, 2.05) is 18.4 Å². The molecule has 0 fully saturated rings. The maximum atomic E-state index is 13.6. The zero-order valence-corrected chi connectivity index (χ0v) is 11.5. The average molecular weight is 282 g/mol. The standard InChI is InChI=1S/C14H13ClFNS/c1-18-11-7-5-10(6-8-11)9-17-13-4-2-3-12(15)14(13)16/h2-8,17H,9H2,1H3. The number of hydrogen-bond acceptors (Lipinski definition) is 2. The zero-order chi connectivity index (χ0) is 13.0. The van der Waals surface area contributed by atoms with Crippen molar-refractivity contribution in [1.29, 1.82) is 0 Å². The Morgan fingerprint density at radius 2 is 1.89 bits per heavy atom. The molecule has 0 aliphatic rings. The van der Waals surface area contributed by atoms with E-state index in [2.05, 4.69) is 17.4 Å². The van der Waals surface area contributed by atoms with Crippen molar-refractivity contribution in [2.45, 2.75) is 11.4 Å². The van der Waals surface area contributed by atoms with Gasteiger partial charge in [-0.15, -0.1) is 11.8 Å². The Morgan fingerprint density at radius 3 is 2.56 bits per heavy atom. The molecule has 0 saturated heterocycles. The topological polar surface area (TPSA) is 12.0 Å². The largest absolute Gasteiger partial charge is 0.379 e. The summed E-state index contributed by atoms with van der Waals surface area (Å²) in [5.74, 6) is -0.403. The Hall–Kier alpha value is -1.19. The molecular formula is C14H13ClFNS. The Labute approximate surface area is 115 Å². The van der Waals surface area contributed by atoms with E-state index in [1.165, 1.54) is 11.0 Å². The van der Waals surface area contributed by atoms with Gasteiger partial charge in [-0.05, 0) is 36.1 Å². The molecule has 4 heteroatoms. The molecule has 0 heterocycles. The first-order valence-electron chi connectivity index (χ1n) is 5.51. The van der Waals surface area contributed by atoms with Crippen LogP contribution in [-0.4, -0.2) is 6.26 Å². The van der Waals surface area contributed by atoms with Crippen molar-refractivity contribution in [3.05, 3.63) is 58.9 Å². The van der Waals surface area contributed by atoms with Gasteiger partial charge in [0.1, 0.15) is 0 Å². The number of halogens is 2. The van der Waals surface area contributed by atoms with Gasteiger partial charge in [0, 0.05) is 11.4 Å². The molecule has 2 aromatic carbocycles. The van der Waals surface area contributed by atoms with E-state index < -0.39 is 5.82 Å². The normalized spacial score (nSPS) is 10.4. The van der Waals surface area contributed by atoms with Crippen LogP contribution in [0.1, 0.15) is 5.56 Å². The van der Waals surface area contributed by atoms with Gasteiger partial charge < -0.3 is 5.32 Å². The van der Waals surface area contributed by atoms with Crippen LogP contribution < -0.4 is 5.32 Å². The van der Waals surface area contributed by atoms with Crippen LogP contribution in [-0.2, 0) is 6.54 Å². The first kappa shape index (κ1) is 13.2. The number of anilines is 1. The van der Waals surface area contributed by atoms with Gasteiger partial charge >= 0.3 is 0 Å². The lowest BCUT2D eigenvalue weighted by Crippen LogP contribution is -2.01. The fourth-order valence-electron chi connectivity index (χ4n) is 1.58. The quantitative estimate of drug-likeness (QED) is 0.807. The van der Waals surface area contributed by atoms with E-state index >= 15 is 0 Å². The van der Waals surface area contributed by atoms with Gasteiger partial charge in [0.25, 0.3) is 0 Å². The molecule has 0 amide bonds. The molecule has 0 aromatic heterocycles. The van der Waals surface area contributed by atoms with Gasteiger partial charge in [-0.25, -0.2) is 4.39 Å². The van der Waals surface area contributed by atoms with Crippen LogP contribution >= 0.6 is 23.4 Å². The predicted molar refractivity (Wildman–Crippen MR) is 77.0 cm³/mol. The second-order valence-electron chi connectivity index (χ2n) is 3.80. The summed E-state index contributed by atoms with van der Waals surface area (Å²) in [6.07, 6.45) is 2.04. The van der Waals surface area contributed by atoms with E-state index in [4.69, 9.17) is 11.6 Å². The highest BCUT2D eigenvalue weighted by molar-refractivity contribution is 7.98. The zero-order valence-electron chi connectivity index (χ0n) is 9.91. The first-order valence-corrected chi connectivity index (χ1v) is 7.12. The van der Waals surface area contributed by atoms with Crippen LogP contribution in [0.5, 0.6) is 0 Å².